The van der Waals surface area contributed by atoms with Gasteiger partial charge in [-0.2, -0.15) is 4.98 Å². The van der Waals surface area contributed by atoms with Gasteiger partial charge in [-0.15, -0.1) is 0 Å². The number of likely N-dealkylation sites (tertiary alicyclic amines) is 1. The second-order valence-electron chi connectivity index (χ2n) is 6.77. The Hall–Kier alpha value is -3.42. The third-order valence-corrected chi connectivity index (χ3v) is 4.82. The summed E-state index contributed by atoms with van der Waals surface area (Å²) in [7, 11) is 1.55. The monoisotopic (exact) mass is 397 g/mol. The van der Waals surface area contributed by atoms with Crippen LogP contribution >= 0.6 is 0 Å². The molecule has 4 rings (SSSR count). The molecule has 1 unspecified atom stereocenters. The number of benzene rings is 2. The van der Waals surface area contributed by atoms with E-state index in [1.165, 1.54) is 18.2 Å². The zero-order valence-corrected chi connectivity index (χ0v) is 15.9. The molecule has 1 saturated heterocycles. The molecule has 8 heteroatoms. The number of rotatable bonds is 5. The molecule has 2 aromatic carbocycles. The van der Waals surface area contributed by atoms with Gasteiger partial charge in [0, 0.05) is 19.2 Å². The van der Waals surface area contributed by atoms with Gasteiger partial charge in [0.25, 0.3) is 5.91 Å². The minimum atomic E-state index is -0.413. The molecule has 1 fully saturated rings. The Kier molecular flexibility index (Phi) is 5.41. The number of hydrogen-bond donors (Lipinski definition) is 0. The summed E-state index contributed by atoms with van der Waals surface area (Å²) in [5, 5.41) is 3.82. The summed E-state index contributed by atoms with van der Waals surface area (Å²) in [6, 6.07) is 12.9. The lowest BCUT2D eigenvalue weighted by Crippen LogP contribution is -2.39. The van der Waals surface area contributed by atoms with Crippen molar-refractivity contribution in [3.63, 3.8) is 0 Å². The maximum Gasteiger partial charge on any atom is 0.359 e. The van der Waals surface area contributed by atoms with Crippen LogP contribution in [-0.2, 0) is 0 Å². The second kappa shape index (κ2) is 8.30. The lowest BCUT2D eigenvalue weighted by molar-refractivity contribution is 0.0692. The van der Waals surface area contributed by atoms with Gasteiger partial charge in [-0.3, -0.25) is 4.79 Å². The fourth-order valence-electron chi connectivity index (χ4n) is 3.42. The summed E-state index contributed by atoms with van der Waals surface area (Å²) in [6.07, 6.45) is 1.63. The summed E-state index contributed by atoms with van der Waals surface area (Å²) < 4.78 is 29.4. The first-order valence-corrected chi connectivity index (χ1v) is 9.33. The molecule has 1 aliphatic rings. The molecule has 2 heterocycles. The third kappa shape index (κ3) is 4.21. The summed E-state index contributed by atoms with van der Waals surface area (Å²) in [5.41, 5.74) is 0.524. The number of carbonyl (C=O) groups excluding carboxylic acids is 1. The number of methoxy groups -OCH3 is 1. The van der Waals surface area contributed by atoms with E-state index >= 15 is 0 Å². The van der Waals surface area contributed by atoms with E-state index in [0.29, 0.717) is 30.3 Å². The van der Waals surface area contributed by atoms with Crippen molar-refractivity contribution in [2.24, 2.45) is 0 Å². The third-order valence-electron chi connectivity index (χ3n) is 4.82. The Bertz CT molecular complexity index is 1010. The van der Waals surface area contributed by atoms with Gasteiger partial charge in [-0.1, -0.05) is 18.2 Å². The molecule has 3 aromatic rings. The summed E-state index contributed by atoms with van der Waals surface area (Å²) in [5.74, 6) is 0.623. The van der Waals surface area contributed by atoms with E-state index in [2.05, 4.69) is 10.1 Å². The minimum Gasteiger partial charge on any atom is -0.496 e. The average Bonchev–Trinajstić information content (AvgIpc) is 3.22. The molecule has 0 N–H and O–H groups in total. The van der Waals surface area contributed by atoms with Crippen LogP contribution in [0.3, 0.4) is 0 Å². The van der Waals surface area contributed by atoms with Gasteiger partial charge < -0.3 is 18.9 Å². The van der Waals surface area contributed by atoms with E-state index in [1.807, 2.05) is 12.1 Å². The maximum atomic E-state index is 13.3. The van der Waals surface area contributed by atoms with Crippen LogP contribution in [0.25, 0.3) is 0 Å². The number of nitrogens with zero attached hydrogens (tertiary/aromatic N) is 3. The normalized spacial score (nSPS) is 16.5. The van der Waals surface area contributed by atoms with Gasteiger partial charge in [0.1, 0.15) is 17.3 Å². The largest absolute Gasteiger partial charge is 0.496 e. The van der Waals surface area contributed by atoms with Crippen molar-refractivity contribution in [2.75, 3.05) is 20.2 Å². The fraction of sp³-hybridized carbons (Fsp3) is 0.286. The van der Waals surface area contributed by atoms with E-state index in [-0.39, 0.29) is 23.6 Å². The number of halogens is 1. The molecular formula is C21H20FN3O4. The van der Waals surface area contributed by atoms with Crippen LogP contribution < -0.4 is 9.47 Å². The molecule has 1 aromatic heterocycles. The van der Waals surface area contributed by atoms with Crippen LogP contribution in [0.4, 0.5) is 4.39 Å². The molecular weight excluding hydrogens is 377 g/mol. The highest BCUT2D eigenvalue weighted by molar-refractivity contribution is 5.97. The quantitative estimate of drug-likeness (QED) is 0.647. The predicted molar refractivity (Wildman–Crippen MR) is 102 cm³/mol. The standard InChI is InChI=1S/C21H20FN3O4/c1-27-18-10-3-2-9-17(18)20(26)25-11-5-6-14(13-25)19-23-21(24-29-19)28-16-8-4-7-15(22)12-16/h2-4,7-10,12,14H,5-6,11,13H2,1H3. The van der Waals surface area contributed by atoms with Crippen molar-refractivity contribution in [3.05, 3.63) is 65.8 Å². The smallest absolute Gasteiger partial charge is 0.359 e. The van der Waals surface area contributed by atoms with Crippen LogP contribution in [-0.4, -0.2) is 41.1 Å². The van der Waals surface area contributed by atoms with Gasteiger partial charge in [0.15, 0.2) is 0 Å². The highest BCUT2D eigenvalue weighted by Gasteiger charge is 2.30. The molecule has 7 nitrogen and oxygen atoms in total. The lowest BCUT2D eigenvalue weighted by Gasteiger charge is -2.31. The molecule has 0 saturated carbocycles. The zero-order chi connectivity index (χ0) is 20.2. The van der Waals surface area contributed by atoms with Crippen molar-refractivity contribution in [2.45, 2.75) is 18.8 Å². The second-order valence-corrected chi connectivity index (χ2v) is 6.77. The van der Waals surface area contributed by atoms with Crippen LogP contribution in [0.5, 0.6) is 17.5 Å². The maximum absolute atomic E-state index is 13.3. The molecule has 29 heavy (non-hydrogen) atoms. The number of ether oxygens (including phenoxy) is 2. The number of aromatic nitrogens is 2. The fourth-order valence-corrected chi connectivity index (χ4v) is 3.42. The Morgan fingerprint density at radius 2 is 2.10 bits per heavy atom. The van der Waals surface area contributed by atoms with E-state index in [4.69, 9.17) is 14.0 Å². The Balaban J connectivity index is 1.46. The van der Waals surface area contributed by atoms with Gasteiger partial charge in [-0.25, -0.2) is 4.39 Å². The van der Waals surface area contributed by atoms with Crippen LogP contribution in [0.1, 0.15) is 35.0 Å². The van der Waals surface area contributed by atoms with E-state index in [1.54, 1.807) is 30.2 Å². The van der Waals surface area contributed by atoms with E-state index < -0.39 is 5.82 Å². The predicted octanol–water partition coefficient (Wildman–Crippen LogP) is 4.03. The lowest BCUT2D eigenvalue weighted by atomic mass is 9.97. The number of amides is 1. The van der Waals surface area contributed by atoms with Crippen molar-refractivity contribution in [3.8, 4) is 17.5 Å². The summed E-state index contributed by atoms with van der Waals surface area (Å²) >= 11 is 0. The Morgan fingerprint density at radius 1 is 1.24 bits per heavy atom. The Labute approximate surface area is 167 Å². The zero-order valence-electron chi connectivity index (χ0n) is 15.9. The van der Waals surface area contributed by atoms with E-state index in [0.717, 1.165) is 12.8 Å². The topological polar surface area (TPSA) is 77.7 Å². The molecule has 0 bridgehead atoms. The van der Waals surface area contributed by atoms with Gasteiger partial charge in [0.2, 0.25) is 5.89 Å². The van der Waals surface area contributed by atoms with Crippen LogP contribution in [0.2, 0.25) is 0 Å². The molecule has 0 radical (unpaired) electrons. The number of piperidine rings is 1. The summed E-state index contributed by atoms with van der Waals surface area (Å²) in [6.45, 7) is 1.10. The first-order chi connectivity index (χ1) is 14.1. The van der Waals surface area contributed by atoms with Crippen LogP contribution in [0.15, 0.2) is 53.1 Å². The number of hydrogen-bond acceptors (Lipinski definition) is 6. The van der Waals surface area contributed by atoms with Gasteiger partial charge in [0.05, 0.1) is 18.6 Å². The highest BCUT2D eigenvalue weighted by atomic mass is 19.1. The Morgan fingerprint density at radius 3 is 2.93 bits per heavy atom. The van der Waals surface area contributed by atoms with Crippen molar-refractivity contribution >= 4 is 5.91 Å². The van der Waals surface area contributed by atoms with Gasteiger partial charge in [-0.05, 0) is 42.3 Å². The SMILES string of the molecule is COc1ccccc1C(=O)N1CCCC(c2nc(Oc3cccc(F)c3)no2)C1. The van der Waals surface area contributed by atoms with Crippen LogP contribution in [0, 0.1) is 5.82 Å². The van der Waals surface area contributed by atoms with Gasteiger partial charge >= 0.3 is 6.01 Å². The minimum absolute atomic E-state index is 0.0128. The first-order valence-electron chi connectivity index (χ1n) is 9.33. The average molecular weight is 397 g/mol. The molecule has 1 amide bonds. The first kappa shape index (κ1) is 18.9. The molecule has 1 aliphatic heterocycles. The molecule has 150 valence electrons. The molecule has 0 aliphatic carbocycles. The number of carbonyl (C=O) groups is 1. The van der Waals surface area contributed by atoms with E-state index in [9.17, 15) is 9.18 Å². The van der Waals surface area contributed by atoms with Crippen molar-refractivity contribution < 1.29 is 23.2 Å². The molecule has 0 spiro atoms. The highest BCUT2D eigenvalue weighted by Crippen LogP contribution is 2.30. The van der Waals surface area contributed by atoms with Crippen molar-refractivity contribution in [1.82, 2.24) is 15.0 Å². The molecule has 1 atom stereocenters. The summed E-state index contributed by atoms with van der Waals surface area (Å²) in [4.78, 5) is 19.0. The number of para-hydroxylation sites is 1. The van der Waals surface area contributed by atoms with Crippen molar-refractivity contribution in [1.29, 1.82) is 0 Å².